The Kier molecular flexibility index (Phi) is 6.05. The summed E-state index contributed by atoms with van der Waals surface area (Å²) in [5, 5.41) is 2.73. The Morgan fingerprint density at radius 3 is 2.84 bits per heavy atom. The highest BCUT2D eigenvalue weighted by Gasteiger charge is 2.21. The summed E-state index contributed by atoms with van der Waals surface area (Å²) < 4.78 is 5.53. The summed E-state index contributed by atoms with van der Waals surface area (Å²) >= 11 is 0. The monoisotopic (exact) mass is 285 g/mol. The van der Waals surface area contributed by atoms with Crippen LogP contribution in [0.3, 0.4) is 0 Å². The second kappa shape index (κ2) is 7.31. The molecule has 0 radical (unpaired) electrons. The van der Waals surface area contributed by atoms with Crippen LogP contribution in [0.25, 0.3) is 0 Å². The highest BCUT2D eigenvalue weighted by Crippen LogP contribution is 2.29. The average molecular weight is 286 g/mol. The van der Waals surface area contributed by atoms with Crippen molar-refractivity contribution in [3.63, 3.8) is 0 Å². The summed E-state index contributed by atoms with van der Waals surface area (Å²) in [4.78, 5) is 15.5. The second-order valence-corrected chi connectivity index (χ2v) is 4.77. The van der Waals surface area contributed by atoms with E-state index in [9.17, 15) is 4.79 Å². The fraction of sp³-hybridized carbons (Fsp3) is 0.538. The van der Waals surface area contributed by atoms with Gasteiger partial charge < -0.3 is 15.8 Å². The molecular weight excluding hydrogens is 266 g/mol. The molecular formula is C13H20ClN3O2. The minimum absolute atomic E-state index is 0. The standard InChI is InChI=1S/C13H19N3O2.ClH/c1-9(14)13(17)16-7-11-4-5-12(15-6-11)18-8-10-2-3-10;/h4-6,9-10H,2-3,7-8,14H2,1H3,(H,16,17);1H. The largest absolute Gasteiger partial charge is 0.477 e. The van der Waals surface area contributed by atoms with Crippen molar-refractivity contribution < 1.29 is 9.53 Å². The number of ether oxygens (including phenoxy) is 1. The van der Waals surface area contributed by atoms with Gasteiger partial charge in [-0.25, -0.2) is 4.98 Å². The first-order valence-corrected chi connectivity index (χ1v) is 6.26. The van der Waals surface area contributed by atoms with Crippen molar-refractivity contribution in [3.05, 3.63) is 23.9 Å². The van der Waals surface area contributed by atoms with E-state index in [-0.39, 0.29) is 18.3 Å². The van der Waals surface area contributed by atoms with E-state index >= 15 is 0 Å². The van der Waals surface area contributed by atoms with Crippen LogP contribution in [0.4, 0.5) is 0 Å². The van der Waals surface area contributed by atoms with Gasteiger partial charge in [0.05, 0.1) is 12.6 Å². The van der Waals surface area contributed by atoms with Crippen molar-refractivity contribution in [1.82, 2.24) is 10.3 Å². The van der Waals surface area contributed by atoms with Crippen LogP contribution < -0.4 is 15.8 Å². The highest BCUT2D eigenvalue weighted by atomic mass is 35.5. The number of pyridine rings is 1. The molecule has 0 aliphatic heterocycles. The van der Waals surface area contributed by atoms with E-state index in [1.54, 1.807) is 13.1 Å². The van der Waals surface area contributed by atoms with E-state index < -0.39 is 6.04 Å². The van der Waals surface area contributed by atoms with Crippen LogP contribution in [0.5, 0.6) is 5.88 Å². The van der Waals surface area contributed by atoms with Crippen molar-refractivity contribution in [2.24, 2.45) is 11.7 Å². The maximum absolute atomic E-state index is 11.3. The minimum atomic E-state index is -0.487. The Morgan fingerprint density at radius 1 is 1.58 bits per heavy atom. The second-order valence-electron chi connectivity index (χ2n) is 4.77. The van der Waals surface area contributed by atoms with Crippen LogP contribution in [-0.2, 0) is 11.3 Å². The molecule has 0 aromatic carbocycles. The van der Waals surface area contributed by atoms with E-state index in [1.165, 1.54) is 12.8 Å². The Hall–Kier alpha value is -1.33. The number of nitrogens with one attached hydrogen (secondary N) is 1. The van der Waals surface area contributed by atoms with Gasteiger partial charge in [0.1, 0.15) is 0 Å². The Labute approximate surface area is 119 Å². The lowest BCUT2D eigenvalue weighted by Crippen LogP contribution is -2.37. The maximum atomic E-state index is 11.3. The molecule has 19 heavy (non-hydrogen) atoms. The smallest absolute Gasteiger partial charge is 0.236 e. The summed E-state index contributed by atoms with van der Waals surface area (Å²) in [6.07, 6.45) is 4.24. The van der Waals surface area contributed by atoms with Gasteiger partial charge in [-0.05, 0) is 31.2 Å². The normalized spacial score (nSPS) is 15.3. The lowest BCUT2D eigenvalue weighted by atomic mass is 10.2. The number of hydrogen-bond donors (Lipinski definition) is 2. The Bertz CT molecular complexity index is 405. The van der Waals surface area contributed by atoms with Crippen LogP contribution in [-0.4, -0.2) is 23.5 Å². The van der Waals surface area contributed by atoms with Crippen molar-refractivity contribution >= 4 is 18.3 Å². The third-order valence-electron chi connectivity index (χ3n) is 2.84. The summed E-state index contributed by atoms with van der Waals surface area (Å²) in [5.74, 6) is 1.20. The van der Waals surface area contributed by atoms with E-state index in [2.05, 4.69) is 10.3 Å². The van der Waals surface area contributed by atoms with Crippen molar-refractivity contribution in [1.29, 1.82) is 0 Å². The Morgan fingerprint density at radius 2 is 2.32 bits per heavy atom. The number of carbonyl (C=O) groups excluding carboxylic acids is 1. The van der Waals surface area contributed by atoms with Gasteiger partial charge in [-0.1, -0.05) is 6.07 Å². The van der Waals surface area contributed by atoms with Crippen molar-refractivity contribution in [2.75, 3.05) is 6.61 Å². The molecule has 1 aromatic heterocycles. The molecule has 1 fully saturated rings. The minimum Gasteiger partial charge on any atom is -0.477 e. The molecule has 2 rings (SSSR count). The van der Waals surface area contributed by atoms with Crippen molar-refractivity contribution in [3.8, 4) is 5.88 Å². The van der Waals surface area contributed by atoms with Crippen molar-refractivity contribution in [2.45, 2.75) is 32.4 Å². The van der Waals surface area contributed by atoms with Gasteiger partial charge >= 0.3 is 0 Å². The van der Waals surface area contributed by atoms with Gasteiger partial charge in [0.15, 0.2) is 0 Å². The van der Waals surface area contributed by atoms with E-state index in [0.717, 1.165) is 18.1 Å². The quantitative estimate of drug-likeness (QED) is 0.825. The van der Waals surface area contributed by atoms with E-state index in [4.69, 9.17) is 10.5 Å². The molecule has 1 aromatic rings. The lowest BCUT2D eigenvalue weighted by Gasteiger charge is -2.08. The Balaban J connectivity index is 0.00000180. The fourth-order valence-corrected chi connectivity index (χ4v) is 1.44. The summed E-state index contributed by atoms with van der Waals surface area (Å²) in [6.45, 7) is 2.85. The van der Waals surface area contributed by atoms with Gasteiger partial charge in [0.2, 0.25) is 11.8 Å². The fourth-order valence-electron chi connectivity index (χ4n) is 1.44. The number of rotatable bonds is 6. The SMILES string of the molecule is CC(N)C(=O)NCc1ccc(OCC2CC2)nc1.Cl. The van der Waals surface area contributed by atoms with Crippen LogP contribution in [0.15, 0.2) is 18.3 Å². The van der Waals surface area contributed by atoms with Crippen LogP contribution >= 0.6 is 12.4 Å². The number of nitrogens with two attached hydrogens (primary N) is 1. The molecule has 1 heterocycles. The number of hydrogen-bond acceptors (Lipinski definition) is 4. The molecule has 1 aliphatic rings. The number of carbonyl (C=O) groups is 1. The molecule has 6 heteroatoms. The zero-order chi connectivity index (χ0) is 13.0. The molecule has 3 N–H and O–H groups in total. The molecule has 0 bridgehead atoms. The maximum Gasteiger partial charge on any atom is 0.236 e. The molecule has 106 valence electrons. The predicted octanol–water partition coefficient (Wildman–Crippen LogP) is 1.26. The molecule has 1 unspecified atom stereocenters. The van der Waals surface area contributed by atoms with Gasteiger partial charge in [-0.2, -0.15) is 0 Å². The number of aromatic nitrogens is 1. The third kappa shape index (κ3) is 5.44. The molecule has 1 atom stereocenters. The number of halogens is 1. The van der Waals surface area contributed by atoms with Gasteiger partial charge in [0, 0.05) is 18.8 Å². The summed E-state index contributed by atoms with van der Waals surface area (Å²) in [5.41, 5.74) is 6.38. The van der Waals surface area contributed by atoms with Crippen LogP contribution in [0, 0.1) is 5.92 Å². The molecule has 0 saturated heterocycles. The number of amides is 1. The van der Waals surface area contributed by atoms with Gasteiger partial charge in [-0.3, -0.25) is 4.79 Å². The topological polar surface area (TPSA) is 77.2 Å². The first kappa shape index (κ1) is 15.7. The van der Waals surface area contributed by atoms with Crippen LogP contribution in [0.1, 0.15) is 25.3 Å². The summed E-state index contributed by atoms with van der Waals surface area (Å²) in [6, 6.07) is 3.24. The lowest BCUT2D eigenvalue weighted by molar-refractivity contribution is -0.122. The molecule has 1 amide bonds. The zero-order valence-electron chi connectivity index (χ0n) is 11.0. The number of nitrogens with zero attached hydrogens (tertiary/aromatic N) is 1. The third-order valence-corrected chi connectivity index (χ3v) is 2.84. The van der Waals surface area contributed by atoms with Crippen LogP contribution in [0.2, 0.25) is 0 Å². The average Bonchev–Trinajstić information content (AvgIpc) is 3.18. The van der Waals surface area contributed by atoms with E-state index in [0.29, 0.717) is 12.4 Å². The molecule has 1 aliphatic carbocycles. The molecule has 1 saturated carbocycles. The highest BCUT2D eigenvalue weighted by molar-refractivity contribution is 5.85. The van der Waals surface area contributed by atoms with E-state index in [1.807, 2.05) is 12.1 Å². The van der Waals surface area contributed by atoms with Gasteiger partial charge in [0.25, 0.3) is 0 Å². The first-order valence-electron chi connectivity index (χ1n) is 6.26. The summed E-state index contributed by atoms with van der Waals surface area (Å²) in [7, 11) is 0. The van der Waals surface area contributed by atoms with Gasteiger partial charge in [-0.15, -0.1) is 12.4 Å². The molecule has 5 nitrogen and oxygen atoms in total. The first-order chi connectivity index (χ1) is 8.65. The zero-order valence-corrected chi connectivity index (χ0v) is 11.8. The molecule has 0 spiro atoms. The predicted molar refractivity (Wildman–Crippen MR) is 75.2 cm³/mol.